The molecule has 10 heteroatoms. The zero-order valence-electron chi connectivity index (χ0n) is 18.1. The number of nitrogens with two attached hydrogens (primary N) is 1. The minimum atomic E-state index is 0. The summed E-state index contributed by atoms with van der Waals surface area (Å²) in [4.78, 5) is 28.9. The lowest BCUT2D eigenvalue weighted by molar-refractivity contribution is -0.136. The first-order chi connectivity index (χ1) is 14.2. The first-order valence-electron chi connectivity index (χ1n) is 11.1. The normalized spacial score (nSPS) is 26.2. The fourth-order valence-electron chi connectivity index (χ4n) is 4.86. The largest absolute Gasteiger partial charge is 0.381 e. The SMILES string of the molecule is Cl.Cl.N[C@H]1CC[C@@H](C(=O)N2CCCN(c3ncccn3)CC2)CN(C2CCOCC2)C1. The average molecular weight is 475 g/mol. The minimum absolute atomic E-state index is 0. The van der Waals surface area contributed by atoms with E-state index in [2.05, 4.69) is 24.7 Å². The van der Waals surface area contributed by atoms with E-state index in [1.54, 1.807) is 12.4 Å². The van der Waals surface area contributed by atoms with Gasteiger partial charge in [0.2, 0.25) is 11.9 Å². The topological polar surface area (TPSA) is 87.8 Å². The van der Waals surface area contributed by atoms with Gasteiger partial charge in [-0.15, -0.1) is 24.8 Å². The number of amides is 1. The Morgan fingerprint density at radius 1 is 0.968 bits per heavy atom. The number of carbonyl (C=O) groups is 1. The summed E-state index contributed by atoms with van der Waals surface area (Å²) in [5.41, 5.74) is 6.36. The molecule has 2 N–H and O–H groups in total. The molecular formula is C21H36Cl2N6O2. The van der Waals surface area contributed by atoms with Crippen LogP contribution in [0.15, 0.2) is 18.5 Å². The number of nitrogens with zero attached hydrogens (tertiary/aromatic N) is 5. The van der Waals surface area contributed by atoms with Crippen LogP contribution in [0.5, 0.6) is 0 Å². The Bertz CT molecular complexity index is 665. The maximum Gasteiger partial charge on any atom is 0.227 e. The van der Waals surface area contributed by atoms with Crippen molar-refractivity contribution in [2.75, 3.05) is 57.4 Å². The highest BCUT2D eigenvalue weighted by Gasteiger charge is 2.34. The van der Waals surface area contributed by atoms with Crippen molar-refractivity contribution in [3.8, 4) is 0 Å². The average Bonchev–Trinajstić information content (AvgIpc) is 3.13. The van der Waals surface area contributed by atoms with E-state index in [-0.39, 0.29) is 36.8 Å². The third-order valence-corrected chi connectivity index (χ3v) is 6.51. The molecule has 1 amide bonds. The summed E-state index contributed by atoms with van der Waals surface area (Å²) in [6, 6.07) is 2.49. The summed E-state index contributed by atoms with van der Waals surface area (Å²) in [5, 5.41) is 0. The van der Waals surface area contributed by atoms with Gasteiger partial charge in [-0.3, -0.25) is 9.69 Å². The molecule has 2 atom stereocenters. The zero-order chi connectivity index (χ0) is 20.1. The van der Waals surface area contributed by atoms with Crippen molar-refractivity contribution < 1.29 is 9.53 Å². The second kappa shape index (κ2) is 12.7. The van der Waals surface area contributed by atoms with Crippen LogP contribution in [-0.2, 0) is 9.53 Å². The van der Waals surface area contributed by atoms with Gasteiger partial charge in [0.1, 0.15) is 0 Å². The van der Waals surface area contributed by atoms with Crippen LogP contribution in [0.4, 0.5) is 5.95 Å². The first-order valence-corrected chi connectivity index (χ1v) is 11.1. The molecule has 4 rings (SSSR count). The Labute approximate surface area is 197 Å². The molecule has 0 spiro atoms. The highest BCUT2D eigenvalue weighted by molar-refractivity contribution is 5.85. The monoisotopic (exact) mass is 474 g/mol. The van der Waals surface area contributed by atoms with Gasteiger partial charge in [-0.05, 0) is 38.2 Å². The molecule has 0 aliphatic carbocycles. The standard InChI is InChI=1S/C21H34N6O2.2ClH/c22-18-4-3-17(15-27(16-18)19-5-13-29-14-6-19)20(28)25-9-2-10-26(12-11-25)21-23-7-1-8-24-21;;/h1,7-8,17-19H,2-6,9-16,22H2;2*1H/t17-,18+;;/m1../s1. The van der Waals surface area contributed by atoms with Crippen LogP contribution in [0.1, 0.15) is 32.1 Å². The molecule has 3 aliphatic rings. The van der Waals surface area contributed by atoms with E-state index < -0.39 is 0 Å². The summed E-state index contributed by atoms with van der Waals surface area (Å²) < 4.78 is 5.53. The van der Waals surface area contributed by atoms with Gasteiger partial charge in [0, 0.05) is 77.0 Å². The van der Waals surface area contributed by atoms with Gasteiger partial charge in [-0.2, -0.15) is 0 Å². The Morgan fingerprint density at radius 3 is 2.45 bits per heavy atom. The lowest BCUT2D eigenvalue weighted by atomic mass is 9.99. The molecule has 3 fully saturated rings. The third kappa shape index (κ3) is 6.89. The van der Waals surface area contributed by atoms with E-state index in [0.717, 1.165) is 90.5 Å². The molecule has 0 bridgehead atoms. The Morgan fingerprint density at radius 2 is 1.71 bits per heavy atom. The Balaban J connectivity index is 0.00000171. The van der Waals surface area contributed by atoms with Gasteiger partial charge >= 0.3 is 0 Å². The molecule has 0 saturated carbocycles. The summed E-state index contributed by atoms with van der Waals surface area (Å²) in [6.45, 7) is 6.58. The highest BCUT2D eigenvalue weighted by Crippen LogP contribution is 2.24. The summed E-state index contributed by atoms with van der Waals surface area (Å²) in [6.07, 6.45) is 8.40. The van der Waals surface area contributed by atoms with Gasteiger partial charge < -0.3 is 20.3 Å². The number of anilines is 1. The third-order valence-electron chi connectivity index (χ3n) is 6.51. The molecule has 31 heavy (non-hydrogen) atoms. The summed E-state index contributed by atoms with van der Waals surface area (Å²) in [7, 11) is 0. The van der Waals surface area contributed by atoms with Crippen LogP contribution >= 0.6 is 24.8 Å². The lowest BCUT2D eigenvalue weighted by Gasteiger charge is -2.36. The first kappa shape index (κ1) is 26.1. The molecule has 0 unspecified atom stereocenters. The van der Waals surface area contributed by atoms with Crippen LogP contribution in [0.3, 0.4) is 0 Å². The maximum absolute atomic E-state index is 13.4. The van der Waals surface area contributed by atoms with Crippen LogP contribution in [0.2, 0.25) is 0 Å². The van der Waals surface area contributed by atoms with Crippen LogP contribution in [0, 0.1) is 5.92 Å². The predicted octanol–water partition coefficient (Wildman–Crippen LogP) is 1.58. The van der Waals surface area contributed by atoms with Gasteiger partial charge in [0.05, 0.1) is 5.92 Å². The predicted molar refractivity (Wildman–Crippen MR) is 126 cm³/mol. The molecule has 1 aromatic heterocycles. The Kier molecular flexibility index (Phi) is 10.7. The fourth-order valence-corrected chi connectivity index (χ4v) is 4.86. The van der Waals surface area contributed by atoms with Crippen molar-refractivity contribution in [1.29, 1.82) is 0 Å². The van der Waals surface area contributed by atoms with E-state index in [4.69, 9.17) is 10.5 Å². The smallest absolute Gasteiger partial charge is 0.227 e. The number of halogens is 2. The van der Waals surface area contributed by atoms with Crippen molar-refractivity contribution in [3.05, 3.63) is 18.5 Å². The number of aromatic nitrogens is 2. The van der Waals surface area contributed by atoms with Crippen molar-refractivity contribution in [2.24, 2.45) is 11.7 Å². The maximum atomic E-state index is 13.4. The van der Waals surface area contributed by atoms with Crippen LogP contribution in [-0.4, -0.2) is 90.2 Å². The van der Waals surface area contributed by atoms with Gasteiger partial charge in [0.25, 0.3) is 0 Å². The second-order valence-electron chi connectivity index (χ2n) is 8.55. The van der Waals surface area contributed by atoms with E-state index in [1.165, 1.54) is 0 Å². The molecule has 1 aromatic rings. The number of ether oxygens (including phenoxy) is 1. The molecule has 8 nitrogen and oxygen atoms in total. The second-order valence-corrected chi connectivity index (χ2v) is 8.55. The van der Waals surface area contributed by atoms with E-state index in [0.29, 0.717) is 11.9 Å². The van der Waals surface area contributed by atoms with Gasteiger partial charge in [-0.25, -0.2) is 9.97 Å². The minimum Gasteiger partial charge on any atom is -0.381 e. The summed E-state index contributed by atoms with van der Waals surface area (Å²) >= 11 is 0. The molecule has 0 aromatic carbocycles. The Hall–Kier alpha value is -1.19. The summed E-state index contributed by atoms with van der Waals surface area (Å²) in [5.74, 6) is 1.10. The molecule has 176 valence electrons. The van der Waals surface area contributed by atoms with E-state index in [9.17, 15) is 4.79 Å². The highest BCUT2D eigenvalue weighted by atomic mass is 35.5. The fraction of sp³-hybridized carbons (Fsp3) is 0.762. The lowest BCUT2D eigenvalue weighted by Crippen LogP contribution is -2.48. The van der Waals surface area contributed by atoms with Crippen molar-refractivity contribution in [1.82, 2.24) is 19.8 Å². The number of hydrogen-bond acceptors (Lipinski definition) is 7. The quantitative estimate of drug-likeness (QED) is 0.710. The van der Waals surface area contributed by atoms with E-state index in [1.807, 2.05) is 6.07 Å². The van der Waals surface area contributed by atoms with Crippen LogP contribution < -0.4 is 10.6 Å². The number of carbonyl (C=O) groups excluding carboxylic acids is 1. The number of likely N-dealkylation sites (tertiary alicyclic amines) is 1. The van der Waals surface area contributed by atoms with Gasteiger partial charge in [0.15, 0.2) is 0 Å². The van der Waals surface area contributed by atoms with Crippen molar-refractivity contribution in [2.45, 2.75) is 44.2 Å². The van der Waals surface area contributed by atoms with Gasteiger partial charge in [-0.1, -0.05) is 0 Å². The molecule has 3 aliphatic heterocycles. The number of rotatable bonds is 3. The van der Waals surface area contributed by atoms with Crippen molar-refractivity contribution >= 4 is 36.7 Å². The number of hydrogen-bond donors (Lipinski definition) is 1. The molecule has 4 heterocycles. The van der Waals surface area contributed by atoms with E-state index >= 15 is 0 Å². The molecular weight excluding hydrogens is 439 g/mol. The molecule has 3 saturated heterocycles. The zero-order valence-corrected chi connectivity index (χ0v) is 19.7. The van der Waals surface area contributed by atoms with Crippen molar-refractivity contribution in [3.63, 3.8) is 0 Å². The molecule has 0 radical (unpaired) electrons. The van der Waals surface area contributed by atoms with Crippen LogP contribution in [0.25, 0.3) is 0 Å².